The minimum Gasteiger partial charge on any atom is -0.462 e. The second kappa shape index (κ2) is 39.6. The van der Waals surface area contributed by atoms with E-state index < -0.39 is 6.10 Å². The highest BCUT2D eigenvalue weighted by Crippen LogP contribution is 2.16. The molecule has 1 atom stereocenters. The van der Waals surface area contributed by atoms with Gasteiger partial charge in [0, 0.05) is 19.3 Å². The molecule has 0 bridgehead atoms. The van der Waals surface area contributed by atoms with Gasteiger partial charge in [0.1, 0.15) is 13.2 Å². The van der Waals surface area contributed by atoms with Crippen LogP contribution in [0.4, 0.5) is 0 Å². The number of unbranched alkanes of at least 4 members (excludes halogenated alkanes) is 27. The van der Waals surface area contributed by atoms with Crippen molar-refractivity contribution in [2.45, 2.75) is 252 Å². The van der Waals surface area contributed by atoms with Crippen LogP contribution in [0.25, 0.3) is 0 Å². The molecule has 0 aromatic rings. The zero-order valence-corrected chi connectivity index (χ0v) is 34.6. The van der Waals surface area contributed by atoms with Crippen LogP contribution in [0.15, 0.2) is 0 Å². The van der Waals surface area contributed by atoms with Crippen molar-refractivity contribution in [1.29, 1.82) is 0 Å². The van der Waals surface area contributed by atoms with Gasteiger partial charge in [-0.2, -0.15) is 0 Å². The normalized spacial score (nSPS) is 11.9. The van der Waals surface area contributed by atoms with Gasteiger partial charge in [0.2, 0.25) is 0 Å². The molecular weight excluding hydrogens is 636 g/mol. The molecule has 0 saturated heterocycles. The monoisotopic (exact) mass is 723 g/mol. The third-order valence-corrected chi connectivity index (χ3v) is 10.0. The first-order valence-corrected chi connectivity index (χ1v) is 22.4. The van der Waals surface area contributed by atoms with Crippen LogP contribution in [-0.2, 0) is 28.6 Å². The van der Waals surface area contributed by atoms with E-state index in [0.717, 1.165) is 63.7 Å². The molecule has 0 aliphatic heterocycles. The van der Waals surface area contributed by atoms with Crippen molar-refractivity contribution in [3.05, 3.63) is 0 Å². The lowest BCUT2D eigenvalue weighted by atomic mass is 10.0. The van der Waals surface area contributed by atoms with E-state index in [1.807, 2.05) is 0 Å². The van der Waals surface area contributed by atoms with Crippen LogP contribution >= 0.6 is 0 Å². The van der Waals surface area contributed by atoms with E-state index in [-0.39, 0.29) is 31.1 Å². The summed E-state index contributed by atoms with van der Waals surface area (Å²) >= 11 is 0. The second-order valence-electron chi connectivity index (χ2n) is 15.8. The smallest absolute Gasteiger partial charge is 0.306 e. The number of carbonyl (C=O) groups is 3. The van der Waals surface area contributed by atoms with Gasteiger partial charge in [-0.25, -0.2) is 0 Å². The fraction of sp³-hybridized carbons (Fsp3) is 0.933. The van der Waals surface area contributed by atoms with Crippen LogP contribution in [0.2, 0.25) is 0 Å². The summed E-state index contributed by atoms with van der Waals surface area (Å²) in [6.45, 7) is 8.94. The maximum Gasteiger partial charge on any atom is 0.306 e. The first kappa shape index (κ1) is 49.4. The fourth-order valence-electron chi connectivity index (χ4n) is 6.63. The lowest BCUT2D eigenvalue weighted by Crippen LogP contribution is -2.30. The van der Waals surface area contributed by atoms with E-state index in [2.05, 4.69) is 27.7 Å². The Morgan fingerprint density at radius 3 is 0.961 bits per heavy atom. The Morgan fingerprint density at radius 2 is 0.647 bits per heavy atom. The summed E-state index contributed by atoms with van der Waals surface area (Å²) in [5.41, 5.74) is 0. The van der Waals surface area contributed by atoms with Gasteiger partial charge in [0.25, 0.3) is 0 Å². The summed E-state index contributed by atoms with van der Waals surface area (Å²) in [6.07, 6.45) is 38.0. The molecule has 6 nitrogen and oxygen atoms in total. The van der Waals surface area contributed by atoms with Gasteiger partial charge < -0.3 is 14.2 Å². The molecule has 0 aromatic carbocycles. The lowest BCUT2D eigenvalue weighted by molar-refractivity contribution is -0.167. The number of carbonyl (C=O) groups excluding carboxylic acids is 3. The molecule has 0 heterocycles. The number of rotatable bonds is 40. The highest BCUT2D eigenvalue weighted by atomic mass is 16.6. The highest BCUT2D eigenvalue weighted by molar-refractivity contribution is 5.71. The average Bonchev–Trinajstić information content (AvgIpc) is 3.11. The number of hydrogen-bond donors (Lipinski definition) is 0. The van der Waals surface area contributed by atoms with Gasteiger partial charge in [0.15, 0.2) is 6.10 Å². The van der Waals surface area contributed by atoms with Gasteiger partial charge in [-0.3, -0.25) is 14.4 Å². The van der Waals surface area contributed by atoms with Gasteiger partial charge >= 0.3 is 17.9 Å². The summed E-state index contributed by atoms with van der Waals surface area (Å²) in [4.78, 5) is 37.6. The number of esters is 3. The Labute approximate surface area is 317 Å². The third-order valence-electron chi connectivity index (χ3n) is 10.0. The maximum atomic E-state index is 12.7. The summed E-state index contributed by atoms with van der Waals surface area (Å²) < 4.78 is 16.7. The predicted octanol–water partition coefficient (Wildman–Crippen LogP) is 13.9. The van der Waals surface area contributed by atoms with Crippen molar-refractivity contribution in [2.24, 2.45) is 5.92 Å². The average molecular weight is 723 g/mol. The molecule has 0 saturated carbocycles. The quantitative estimate of drug-likeness (QED) is 0.0356. The van der Waals surface area contributed by atoms with Crippen LogP contribution in [0, 0.1) is 5.92 Å². The molecule has 0 aliphatic carbocycles. The number of ether oxygens (including phenoxy) is 3. The summed E-state index contributed by atoms with van der Waals surface area (Å²) in [6, 6.07) is 0. The van der Waals surface area contributed by atoms with E-state index in [4.69, 9.17) is 14.2 Å². The minimum absolute atomic E-state index is 0.0643. The molecule has 51 heavy (non-hydrogen) atoms. The van der Waals surface area contributed by atoms with E-state index in [1.54, 1.807) is 0 Å². The zero-order valence-electron chi connectivity index (χ0n) is 34.6. The van der Waals surface area contributed by atoms with Crippen LogP contribution in [-0.4, -0.2) is 37.2 Å². The standard InChI is InChI=1S/C45H86O6/c1-5-7-9-11-13-15-16-17-18-20-25-29-33-37-44(47)50-40-42(39-49-43(46)36-32-28-24-19-14-12-10-8-6-2)51-45(48)38-34-30-26-22-21-23-27-31-35-41(3)4/h41-42H,5-40H2,1-4H3/t42-/m0/s1. The van der Waals surface area contributed by atoms with Gasteiger partial charge in [-0.1, -0.05) is 207 Å². The Balaban J connectivity index is 4.31. The van der Waals surface area contributed by atoms with Crippen molar-refractivity contribution in [3.8, 4) is 0 Å². The van der Waals surface area contributed by atoms with Crippen LogP contribution in [0.3, 0.4) is 0 Å². The molecule has 0 amide bonds. The molecule has 0 rings (SSSR count). The van der Waals surface area contributed by atoms with Gasteiger partial charge in [-0.05, 0) is 25.2 Å². The van der Waals surface area contributed by atoms with E-state index >= 15 is 0 Å². The SMILES string of the molecule is CCCCCCCCCCCCCCCC(=O)OC[C@H](COC(=O)CCCCCCCCCCC)OC(=O)CCCCCCCCCCC(C)C. The number of hydrogen-bond acceptors (Lipinski definition) is 6. The molecule has 0 aliphatic rings. The predicted molar refractivity (Wildman–Crippen MR) is 215 cm³/mol. The molecule has 302 valence electrons. The topological polar surface area (TPSA) is 78.9 Å². The Bertz CT molecular complexity index is 766. The van der Waals surface area contributed by atoms with Crippen molar-refractivity contribution in [3.63, 3.8) is 0 Å². The molecular formula is C45H86O6. The third kappa shape index (κ3) is 39.5. The lowest BCUT2D eigenvalue weighted by Gasteiger charge is -2.18. The highest BCUT2D eigenvalue weighted by Gasteiger charge is 2.19. The van der Waals surface area contributed by atoms with Crippen molar-refractivity contribution in [2.75, 3.05) is 13.2 Å². The van der Waals surface area contributed by atoms with E-state index in [0.29, 0.717) is 19.3 Å². The molecule has 0 N–H and O–H groups in total. The molecule has 0 aromatic heterocycles. The summed E-state index contributed by atoms with van der Waals surface area (Å²) in [5.74, 6) is -0.0658. The Hall–Kier alpha value is -1.59. The zero-order chi connectivity index (χ0) is 37.5. The van der Waals surface area contributed by atoms with Crippen molar-refractivity contribution in [1.82, 2.24) is 0 Å². The van der Waals surface area contributed by atoms with E-state index in [1.165, 1.54) is 141 Å². The first-order chi connectivity index (χ1) is 24.9. The maximum absolute atomic E-state index is 12.7. The van der Waals surface area contributed by atoms with Crippen LogP contribution in [0.5, 0.6) is 0 Å². The molecule has 0 radical (unpaired) electrons. The van der Waals surface area contributed by atoms with Crippen molar-refractivity contribution >= 4 is 17.9 Å². The largest absolute Gasteiger partial charge is 0.462 e. The fourth-order valence-corrected chi connectivity index (χ4v) is 6.63. The van der Waals surface area contributed by atoms with Gasteiger partial charge in [0.05, 0.1) is 0 Å². The molecule has 0 unspecified atom stereocenters. The second-order valence-corrected chi connectivity index (χ2v) is 15.8. The minimum atomic E-state index is -0.758. The first-order valence-electron chi connectivity index (χ1n) is 22.4. The summed E-state index contributed by atoms with van der Waals surface area (Å²) in [7, 11) is 0. The van der Waals surface area contributed by atoms with E-state index in [9.17, 15) is 14.4 Å². The van der Waals surface area contributed by atoms with Crippen LogP contribution < -0.4 is 0 Å². The molecule has 6 heteroatoms. The Kier molecular flexibility index (Phi) is 38.4. The van der Waals surface area contributed by atoms with Crippen LogP contribution in [0.1, 0.15) is 246 Å². The van der Waals surface area contributed by atoms with Crippen molar-refractivity contribution < 1.29 is 28.6 Å². The molecule has 0 fully saturated rings. The molecule has 0 spiro atoms. The van der Waals surface area contributed by atoms with Gasteiger partial charge in [-0.15, -0.1) is 0 Å². The summed E-state index contributed by atoms with van der Waals surface area (Å²) in [5, 5.41) is 0. The Morgan fingerprint density at radius 1 is 0.373 bits per heavy atom.